The van der Waals surface area contributed by atoms with Crippen LogP contribution in [-0.2, 0) is 16.0 Å². The average molecular weight is 243 g/mol. The first kappa shape index (κ1) is 13.0. The lowest BCUT2D eigenvalue weighted by atomic mass is 10.1. The molecule has 1 aromatic rings. The van der Waals surface area contributed by atoms with Crippen LogP contribution in [-0.4, -0.2) is 23.3 Å². The van der Waals surface area contributed by atoms with Gasteiger partial charge in [0.25, 0.3) is 0 Å². The largest absolute Gasteiger partial charge is 0.479 e. The van der Waals surface area contributed by atoms with E-state index in [1.54, 1.807) is 6.07 Å². The molecule has 88 valence electrons. The summed E-state index contributed by atoms with van der Waals surface area (Å²) in [5, 5.41) is 9.58. The maximum Gasteiger partial charge on any atom is 0.333 e. The van der Waals surface area contributed by atoms with E-state index in [0.29, 0.717) is 5.02 Å². The quantitative estimate of drug-likeness (QED) is 0.864. The second kappa shape index (κ2) is 5.87. The van der Waals surface area contributed by atoms with Crippen molar-refractivity contribution in [1.82, 2.24) is 0 Å². The van der Waals surface area contributed by atoms with Gasteiger partial charge in [-0.15, -0.1) is 0 Å². The summed E-state index contributed by atoms with van der Waals surface area (Å²) in [7, 11) is 0. The Bertz CT molecular complexity index is 363. The van der Waals surface area contributed by atoms with Gasteiger partial charge in [0.15, 0.2) is 6.10 Å². The SMILES string of the molecule is CC(C)OC(Cc1ccccc1Cl)C(=O)O. The molecule has 4 heteroatoms. The van der Waals surface area contributed by atoms with E-state index in [1.165, 1.54) is 0 Å². The van der Waals surface area contributed by atoms with Gasteiger partial charge in [0.1, 0.15) is 0 Å². The predicted molar refractivity (Wildman–Crippen MR) is 62.8 cm³/mol. The fraction of sp³-hybridized carbons (Fsp3) is 0.417. The van der Waals surface area contributed by atoms with E-state index in [2.05, 4.69) is 0 Å². The van der Waals surface area contributed by atoms with Gasteiger partial charge in [-0.1, -0.05) is 29.8 Å². The van der Waals surface area contributed by atoms with Crippen LogP contribution in [0.1, 0.15) is 19.4 Å². The van der Waals surface area contributed by atoms with Crippen LogP contribution in [0.4, 0.5) is 0 Å². The van der Waals surface area contributed by atoms with E-state index in [1.807, 2.05) is 32.0 Å². The third-order valence-electron chi connectivity index (χ3n) is 2.08. The zero-order chi connectivity index (χ0) is 12.1. The Labute approximate surface area is 100.0 Å². The Hall–Kier alpha value is -1.06. The summed E-state index contributed by atoms with van der Waals surface area (Å²) in [5.74, 6) is -0.964. The minimum absolute atomic E-state index is 0.122. The van der Waals surface area contributed by atoms with Crippen LogP contribution in [0.25, 0.3) is 0 Å². The fourth-order valence-corrected chi connectivity index (χ4v) is 1.60. The number of carboxylic acids is 1. The number of ether oxygens (including phenoxy) is 1. The second-order valence-electron chi connectivity index (χ2n) is 3.81. The van der Waals surface area contributed by atoms with E-state index < -0.39 is 12.1 Å². The number of benzene rings is 1. The number of carbonyl (C=O) groups is 1. The highest BCUT2D eigenvalue weighted by molar-refractivity contribution is 6.31. The minimum atomic E-state index is -0.964. The Morgan fingerprint density at radius 1 is 1.44 bits per heavy atom. The van der Waals surface area contributed by atoms with E-state index in [0.717, 1.165) is 5.56 Å². The molecule has 0 fully saturated rings. The fourth-order valence-electron chi connectivity index (χ4n) is 1.39. The molecule has 0 amide bonds. The molecule has 0 aliphatic heterocycles. The van der Waals surface area contributed by atoms with Crippen LogP contribution in [0.15, 0.2) is 24.3 Å². The summed E-state index contributed by atoms with van der Waals surface area (Å²) in [6.45, 7) is 3.62. The van der Waals surface area contributed by atoms with E-state index in [9.17, 15) is 4.79 Å². The first-order valence-corrected chi connectivity index (χ1v) is 5.50. The van der Waals surface area contributed by atoms with E-state index >= 15 is 0 Å². The van der Waals surface area contributed by atoms with Crippen molar-refractivity contribution in [3.63, 3.8) is 0 Å². The topological polar surface area (TPSA) is 46.5 Å². The van der Waals surface area contributed by atoms with Crippen molar-refractivity contribution in [3.05, 3.63) is 34.9 Å². The molecule has 0 aliphatic rings. The molecule has 0 aromatic heterocycles. The number of aliphatic carboxylic acids is 1. The van der Waals surface area contributed by atoms with Gasteiger partial charge in [0.2, 0.25) is 0 Å². The lowest BCUT2D eigenvalue weighted by molar-refractivity contribution is -0.153. The van der Waals surface area contributed by atoms with Crippen LogP contribution < -0.4 is 0 Å². The molecule has 0 heterocycles. The molecule has 16 heavy (non-hydrogen) atoms. The molecule has 0 radical (unpaired) electrons. The summed E-state index contributed by atoms with van der Waals surface area (Å²) < 4.78 is 5.31. The van der Waals surface area contributed by atoms with Crippen LogP contribution in [0, 0.1) is 0 Å². The molecule has 1 unspecified atom stereocenters. The molecule has 1 N–H and O–H groups in total. The summed E-state index contributed by atoms with van der Waals surface area (Å²) in [4.78, 5) is 11.0. The predicted octanol–water partition coefficient (Wildman–Crippen LogP) is 2.76. The van der Waals surface area contributed by atoms with Crippen molar-refractivity contribution >= 4 is 17.6 Å². The standard InChI is InChI=1S/C12H15ClO3/c1-8(2)16-11(12(14)15)7-9-5-3-4-6-10(9)13/h3-6,8,11H,7H2,1-2H3,(H,14,15). The summed E-state index contributed by atoms with van der Waals surface area (Å²) in [5.41, 5.74) is 0.789. The molecule has 0 aliphatic carbocycles. The number of hydrogen-bond acceptors (Lipinski definition) is 2. The van der Waals surface area contributed by atoms with E-state index in [4.69, 9.17) is 21.4 Å². The van der Waals surface area contributed by atoms with Crippen molar-refractivity contribution < 1.29 is 14.6 Å². The molecular weight excluding hydrogens is 228 g/mol. The first-order chi connectivity index (χ1) is 7.50. The van der Waals surface area contributed by atoms with Gasteiger partial charge in [-0.3, -0.25) is 0 Å². The van der Waals surface area contributed by atoms with Crippen LogP contribution in [0.2, 0.25) is 5.02 Å². The van der Waals surface area contributed by atoms with Gasteiger partial charge in [-0.2, -0.15) is 0 Å². The molecule has 3 nitrogen and oxygen atoms in total. The average Bonchev–Trinajstić information content (AvgIpc) is 2.19. The van der Waals surface area contributed by atoms with Crippen LogP contribution >= 0.6 is 11.6 Å². The lowest BCUT2D eigenvalue weighted by Crippen LogP contribution is -2.29. The normalized spacial score (nSPS) is 12.8. The molecule has 0 bridgehead atoms. The zero-order valence-corrected chi connectivity index (χ0v) is 10.1. The van der Waals surface area contributed by atoms with E-state index in [-0.39, 0.29) is 12.5 Å². The van der Waals surface area contributed by atoms with Crippen molar-refractivity contribution in [2.45, 2.75) is 32.5 Å². The molecule has 0 saturated heterocycles. The van der Waals surface area contributed by atoms with Crippen molar-refractivity contribution in [2.75, 3.05) is 0 Å². The number of rotatable bonds is 5. The monoisotopic (exact) mass is 242 g/mol. The molecule has 1 atom stereocenters. The van der Waals surface area contributed by atoms with Crippen molar-refractivity contribution in [3.8, 4) is 0 Å². The molecule has 0 spiro atoms. The van der Waals surface area contributed by atoms with Gasteiger partial charge in [0, 0.05) is 11.4 Å². The number of halogens is 1. The zero-order valence-electron chi connectivity index (χ0n) is 9.31. The highest BCUT2D eigenvalue weighted by atomic mass is 35.5. The minimum Gasteiger partial charge on any atom is -0.479 e. The Kier molecular flexibility index (Phi) is 4.77. The van der Waals surface area contributed by atoms with Crippen molar-refractivity contribution in [2.24, 2.45) is 0 Å². The van der Waals surface area contributed by atoms with Crippen LogP contribution in [0.3, 0.4) is 0 Å². The third kappa shape index (κ3) is 3.83. The number of hydrogen-bond donors (Lipinski definition) is 1. The van der Waals surface area contributed by atoms with Gasteiger partial charge in [0.05, 0.1) is 6.10 Å². The molecule has 1 rings (SSSR count). The molecular formula is C12H15ClO3. The Morgan fingerprint density at radius 3 is 2.56 bits per heavy atom. The van der Waals surface area contributed by atoms with Gasteiger partial charge in [-0.25, -0.2) is 4.79 Å². The Morgan fingerprint density at radius 2 is 2.06 bits per heavy atom. The highest BCUT2D eigenvalue weighted by Crippen LogP contribution is 2.18. The van der Waals surface area contributed by atoms with Gasteiger partial charge in [-0.05, 0) is 25.5 Å². The summed E-state index contributed by atoms with van der Waals surface area (Å²) in [6.07, 6.45) is -0.684. The maximum absolute atomic E-state index is 11.0. The highest BCUT2D eigenvalue weighted by Gasteiger charge is 2.20. The summed E-state index contributed by atoms with van der Waals surface area (Å²) in [6, 6.07) is 7.19. The molecule has 0 saturated carbocycles. The first-order valence-electron chi connectivity index (χ1n) is 5.12. The lowest BCUT2D eigenvalue weighted by Gasteiger charge is -2.16. The van der Waals surface area contributed by atoms with Crippen molar-refractivity contribution in [1.29, 1.82) is 0 Å². The summed E-state index contributed by atoms with van der Waals surface area (Å²) >= 11 is 5.96. The third-order valence-corrected chi connectivity index (χ3v) is 2.44. The second-order valence-corrected chi connectivity index (χ2v) is 4.21. The Balaban J connectivity index is 2.76. The van der Waals surface area contributed by atoms with Gasteiger partial charge < -0.3 is 9.84 Å². The van der Waals surface area contributed by atoms with Crippen LogP contribution in [0.5, 0.6) is 0 Å². The maximum atomic E-state index is 11.0. The van der Waals surface area contributed by atoms with Gasteiger partial charge >= 0.3 is 5.97 Å². The number of carboxylic acid groups (broad SMARTS) is 1. The smallest absolute Gasteiger partial charge is 0.333 e. The molecule has 1 aromatic carbocycles.